The Labute approximate surface area is 289 Å². The number of unbranched alkanes of at least 4 members (excludes halogenated alkanes) is 1. The summed E-state index contributed by atoms with van der Waals surface area (Å²) >= 11 is 0. The average molecular weight is 679 g/mol. The molecule has 0 fully saturated rings. The smallest absolute Gasteiger partial charge is 0.414 e. The van der Waals surface area contributed by atoms with E-state index >= 15 is 0 Å². The highest BCUT2D eigenvalue weighted by atomic mass is 16.6. The second-order valence-corrected chi connectivity index (χ2v) is 11.5. The molecule has 1 aliphatic carbocycles. The predicted octanol–water partition coefficient (Wildman–Crippen LogP) is 6.36. The quantitative estimate of drug-likeness (QED) is 0.0549. The summed E-state index contributed by atoms with van der Waals surface area (Å²) in [6, 6.07) is 32.8. The Morgan fingerprint density at radius 3 is 1.66 bits per heavy atom. The van der Waals surface area contributed by atoms with Gasteiger partial charge in [-0.1, -0.05) is 109 Å². The number of hydrogen-bond acceptors (Lipinski definition) is 8. The van der Waals surface area contributed by atoms with Gasteiger partial charge in [0.25, 0.3) is 0 Å². The molecule has 4 aromatic carbocycles. The third-order valence-electron chi connectivity index (χ3n) is 7.97. The van der Waals surface area contributed by atoms with E-state index in [0.717, 1.165) is 33.4 Å². The zero-order chi connectivity index (χ0) is 35.1. The molecule has 0 bridgehead atoms. The Balaban J connectivity index is 1.10. The van der Waals surface area contributed by atoms with Gasteiger partial charge in [0.2, 0.25) is 5.96 Å². The standard InChI is InChI=1S/C38H38N4O8/c43-34(44)33(40-36(45)50-25-32-30-19-9-7-17-28(30)29-18-8-10-20-31(29)32)21-11-12-22-39-35(41-37(46)48-23-26-13-3-1-4-14-26)42-38(47)49-24-27-15-5-2-6-16-27/h1-10,13-20,32-33H,11-12,21-25H2,(H,40,45)(H,43,44)(H2,39,41,42,46,47). The van der Waals surface area contributed by atoms with E-state index in [-0.39, 0.29) is 44.7 Å². The molecule has 0 radical (unpaired) electrons. The van der Waals surface area contributed by atoms with Gasteiger partial charge in [0.05, 0.1) is 0 Å². The van der Waals surface area contributed by atoms with E-state index in [1.165, 1.54) is 0 Å². The van der Waals surface area contributed by atoms with Gasteiger partial charge in [-0.2, -0.15) is 0 Å². The largest absolute Gasteiger partial charge is 0.480 e. The number of carboxylic acid groups (broad SMARTS) is 1. The molecule has 4 aromatic rings. The Bertz CT molecular complexity index is 1690. The van der Waals surface area contributed by atoms with Crippen LogP contribution in [0.4, 0.5) is 14.4 Å². The SMILES string of the molecule is O=C(NC(=NCCCCC(NC(=O)OCC1c2ccccc2-c2ccccc21)C(=O)O)NC(=O)OCc1ccccc1)OCc1ccccc1. The van der Waals surface area contributed by atoms with E-state index in [9.17, 15) is 24.3 Å². The van der Waals surface area contributed by atoms with Crippen LogP contribution in [0, 0.1) is 0 Å². The third kappa shape index (κ3) is 10.2. The summed E-state index contributed by atoms with van der Waals surface area (Å²) in [5.74, 6) is -1.54. The fourth-order valence-electron chi connectivity index (χ4n) is 5.51. The van der Waals surface area contributed by atoms with Gasteiger partial charge >= 0.3 is 24.2 Å². The number of fused-ring (bicyclic) bond motifs is 3. The van der Waals surface area contributed by atoms with Gasteiger partial charge in [0.1, 0.15) is 25.9 Å². The van der Waals surface area contributed by atoms with Gasteiger partial charge in [0.15, 0.2) is 0 Å². The lowest BCUT2D eigenvalue weighted by Gasteiger charge is -2.17. The first-order chi connectivity index (χ1) is 24.4. The van der Waals surface area contributed by atoms with Crippen molar-refractivity contribution in [1.29, 1.82) is 0 Å². The second kappa shape index (κ2) is 17.8. The first kappa shape index (κ1) is 35.1. The van der Waals surface area contributed by atoms with Crippen LogP contribution in [0.1, 0.15) is 47.4 Å². The van der Waals surface area contributed by atoms with Crippen molar-refractivity contribution in [2.45, 2.75) is 44.4 Å². The van der Waals surface area contributed by atoms with E-state index in [0.29, 0.717) is 12.8 Å². The highest BCUT2D eigenvalue weighted by Crippen LogP contribution is 2.44. The van der Waals surface area contributed by atoms with Gasteiger partial charge in [-0.15, -0.1) is 0 Å². The van der Waals surface area contributed by atoms with Gasteiger partial charge < -0.3 is 24.6 Å². The summed E-state index contributed by atoms with van der Waals surface area (Å²) in [5.41, 5.74) is 5.82. The maximum atomic E-state index is 12.7. The van der Waals surface area contributed by atoms with Crippen molar-refractivity contribution in [1.82, 2.24) is 16.0 Å². The molecule has 4 N–H and O–H groups in total. The van der Waals surface area contributed by atoms with Gasteiger partial charge in [0, 0.05) is 12.5 Å². The van der Waals surface area contributed by atoms with E-state index in [1.807, 2.05) is 84.9 Å². The number of carbonyl (C=O) groups is 4. The van der Waals surface area contributed by atoms with Crippen LogP contribution in [0.3, 0.4) is 0 Å². The van der Waals surface area contributed by atoms with Crippen molar-refractivity contribution in [3.63, 3.8) is 0 Å². The van der Waals surface area contributed by atoms with E-state index in [4.69, 9.17) is 14.2 Å². The molecule has 0 saturated heterocycles. The zero-order valence-electron chi connectivity index (χ0n) is 27.2. The minimum atomic E-state index is -1.20. The zero-order valence-corrected chi connectivity index (χ0v) is 27.2. The normalized spacial score (nSPS) is 12.0. The van der Waals surface area contributed by atoms with Gasteiger partial charge in [-0.25, -0.2) is 19.2 Å². The van der Waals surface area contributed by atoms with E-state index in [1.54, 1.807) is 24.3 Å². The maximum Gasteiger partial charge on any atom is 0.414 e. The van der Waals surface area contributed by atoms with Crippen molar-refractivity contribution in [3.8, 4) is 11.1 Å². The number of nitrogens with one attached hydrogen (secondary N) is 3. The molecule has 12 heteroatoms. The van der Waals surface area contributed by atoms with Crippen LogP contribution in [-0.4, -0.2) is 54.5 Å². The van der Waals surface area contributed by atoms with Crippen molar-refractivity contribution in [2.75, 3.05) is 13.2 Å². The van der Waals surface area contributed by atoms with Crippen molar-refractivity contribution in [3.05, 3.63) is 131 Å². The summed E-state index contributed by atoms with van der Waals surface area (Å²) in [5, 5.41) is 17.0. The number of nitrogens with zero attached hydrogens (tertiary/aromatic N) is 1. The molecule has 1 unspecified atom stereocenters. The van der Waals surface area contributed by atoms with Crippen LogP contribution >= 0.6 is 0 Å². The highest BCUT2D eigenvalue weighted by Gasteiger charge is 2.29. The topological polar surface area (TPSA) is 165 Å². The van der Waals surface area contributed by atoms with E-state index in [2.05, 4.69) is 20.9 Å². The Morgan fingerprint density at radius 2 is 1.14 bits per heavy atom. The molecule has 1 atom stereocenters. The molecule has 50 heavy (non-hydrogen) atoms. The van der Waals surface area contributed by atoms with Crippen LogP contribution in [-0.2, 0) is 32.2 Å². The molecule has 0 spiro atoms. The lowest BCUT2D eigenvalue weighted by atomic mass is 9.98. The number of guanidine groups is 1. The van der Waals surface area contributed by atoms with E-state index < -0.39 is 30.3 Å². The number of carbonyl (C=O) groups excluding carboxylic acids is 3. The molecule has 5 rings (SSSR count). The minimum absolute atomic E-state index is 0.00561. The van der Waals surface area contributed by atoms with Gasteiger partial charge in [-0.05, 0) is 52.6 Å². The summed E-state index contributed by atoms with van der Waals surface area (Å²) in [6.07, 6.45) is -1.67. The fraction of sp³-hybridized carbons (Fsp3) is 0.237. The van der Waals surface area contributed by atoms with Crippen LogP contribution in [0.2, 0.25) is 0 Å². The first-order valence-electron chi connectivity index (χ1n) is 16.2. The second-order valence-electron chi connectivity index (χ2n) is 11.5. The van der Waals surface area contributed by atoms with Crippen molar-refractivity contribution in [2.24, 2.45) is 4.99 Å². The summed E-state index contributed by atoms with van der Waals surface area (Å²) in [4.78, 5) is 53.8. The molecule has 0 saturated carbocycles. The van der Waals surface area contributed by atoms with Crippen LogP contribution in [0.25, 0.3) is 11.1 Å². The lowest BCUT2D eigenvalue weighted by Crippen LogP contribution is -2.44. The van der Waals surface area contributed by atoms with Crippen LogP contribution in [0.5, 0.6) is 0 Å². The average Bonchev–Trinajstić information content (AvgIpc) is 3.45. The highest BCUT2D eigenvalue weighted by molar-refractivity contribution is 6.01. The Kier molecular flexibility index (Phi) is 12.5. The van der Waals surface area contributed by atoms with Crippen molar-refractivity contribution < 1.29 is 38.5 Å². The molecule has 0 aromatic heterocycles. The number of rotatable bonds is 13. The van der Waals surface area contributed by atoms with Crippen molar-refractivity contribution >= 4 is 30.2 Å². The Morgan fingerprint density at radius 1 is 0.640 bits per heavy atom. The summed E-state index contributed by atoms with van der Waals surface area (Å²) < 4.78 is 16.0. The number of hydrogen-bond donors (Lipinski definition) is 4. The monoisotopic (exact) mass is 678 g/mol. The molecule has 0 heterocycles. The fourth-order valence-corrected chi connectivity index (χ4v) is 5.51. The lowest BCUT2D eigenvalue weighted by molar-refractivity contribution is -0.139. The number of aliphatic imine (C=N–C) groups is 1. The third-order valence-corrected chi connectivity index (χ3v) is 7.97. The molecular formula is C38H38N4O8. The molecule has 258 valence electrons. The first-order valence-corrected chi connectivity index (χ1v) is 16.2. The summed E-state index contributed by atoms with van der Waals surface area (Å²) in [7, 11) is 0. The summed E-state index contributed by atoms with van der Waals surface area (Å²) in [6.45, 7) is 0.188. The number of aliphatic carboxylic acids is 1. The van der Waals surface area contributed by atoms with Crippen LogP contribution < -0.4 is 16.0 Å². The minimum Gasteiger partial charge on any atom is -0.480 e. The number of carboxylic acids is 1. The number of alkyl carbamates (subject to hydrolysis) is 3. The van der Waals surface area contributed by atoms with Gasteiger partial charge in [-0.3, -0.25) is 15.6 Å². The molecule has 1 aliphatic rings. The molecule has 0 aliphatic heterocycles. The molecule has 12 nitrogen and oxygen atoms in total. The van der Waals surface area contributed by atoms with Crippen LogP contribution in [0.15, 0.2) is 114 Å². The maximum absolute atomic E-state index is 12.7. The Hall–Kier alpha value is -6.17. The number of amides is 3. The number of ether oxygens (including phenoxy) is 3. The number of benzene rings is 4. The molecular weight excluding hydrogens is 640 g/mol. The molecule has 3 amide bonds. The predicted molar refractivity (Wildman–Crippen MR) is 185 cm³/mol.